The topological polar surface area (TPSA) is 80.6 Å². The lowest BCUT2D eigenvalue weighted by molar-refractivity contribution is 0.0697. The summed E-state index contributed by atoms with van der Waals surface area (Å²) in [5.41, 5.74) is 8.27. The Morgan fingerprint density at radius 1 is 1.26 bits per heavy atom. The molecule has 5 heteroatoms. The van der Waals surface area contributed by atoms with Crippen LogP contribution in [0.15, 0.2) is 48.8 Å². The second-order valence-corrected chi connectivity index (χ2v) is 4.23. The zero-order chi connectivity index (χ0) is 13.4. The van der Waals surface area contributed by atoms with Gasteiger partial charge in [0.2, 0.25) is 0 Å². The molecule has 19 heavy (non-hydrogen) atoms. The maximum atomic E-state index is 11.0. The lowest BCUT2D eigenvalue weighted by Gasteiger charge is -2.03. The van der Waals surface area contributed by atoms with E-state index in [0.717, 1.165) is 11.1 Å². The fraction of sp³-hybridized carbons (Fsp3) is 0. The zero-order valence-electron chi connectivity index (χ0n) is 9.95. The summed E-state index contributed by atoms with van der Waals surface area (Å²) in [6.07, 6.45) is 3.49. The number of carboxylic acids is 1. The molecule has 0 bridgehead atoms. The maximum Gasteiger partial charge on any atom is 0.335 e. The largest absolute Gasteiger partial charge is 0.478 e. The van der Waals surface area contributed by atoms with E-state index in [1.54, 1.807) is 36.7 Å². The number of carbonyl (C=O) groups is 1. The molecule has 0 saturated heterocycles. The van der Waals surface area contributed by atoms with E-state index in [1.165, 1.54) is 0 Å². The molecular weight excluding hydrogens is 242 g/mol. The van der Waals surface area contributed by atoms with Gasteiger partial charge in [0.1, 0.15) is 5.82 Å². The fourth-order valence-electron chi connectivity index (χ4n) is 2.01. The highest BCUT2D eigenvalue weighted by atomic mass is 16.4. The Balaban J connectivity index is 2.21. The summed E-state index contributed by atoms with van der Waals surface area (Å²) >= 11 is 0. The van der Waals surface area contributed by atoms with Crippen LogP contribution < -0.4 is 5.73 Å². The molecule has 94 valence electrons. The number of rotatable bonds is 2. The first kappa shape index (κ1) is 11.3. The number of aromatic nitrogens is 2. The van der Waals surface area contributed by atoms with Crippen molar-refractivity contribution in [2.45, 2.75) is 0 Å². The summed E-state index contributed by atoms with van der Waals surface area (Å²) in [5, 5.41) is 9.02. The number of hydrogen-bond donors (Lipinski definition) is 2. The van der Waals surface area contributed by atoms with Gasteiger partial charge in [-0.15, -0.1) is 0 Å². The van der Waals surface area contributed by atoms with Crippen LogP contribution in [-0.2, 0) is 0 Å². The molecule has 0 saturated carbocycles. The Morgan fingerprint density at radius 3 is 2.89 bits per heavy atom. The number of nitrogen functional groups attached to an aromatic ring is 1. The lowest BCUT2D eigenvalue weighted by Crippen LogP contribution is -1.97. The predicted octanol–water partition coefficient (Wildman–Crippen LogP) is 2.28. The van der Waals surface area contributed by atoms with E-state index < -0.39 is 5.97 Å². The molecule has 0 aliphatic rings. The van der Waals surface area contributed by atoms with E-state index in [4.69, 9.17) is 10.8 Å². The van der Waals surface area contributed by atoms with E-state index in [1.807, 2.05) is 16.5 Å². The highest BCUT2D eigenvalue weighted by Crippen LogP contribution is 2.22. The normalized spacial score (nSPS) is 10.7. The van der Waals surface area contributed by atoms with Crippen LogP contribution in [0.3, 0.4) is 0 Å². The average molecular weight is 253 g/mol. The number of carboxylic acid groups (broad SMARTS) is 1. The Kier molecular flexibility index (Phi) is 2.45. The van der Waals surface area contributed by atoms with E-state index in [-0.39, 0.29) is 5.56 Å². The standard InChI is InChI=1S/C14H11N3O2/c15-11-4-5-12-7-16-13(17(12)8-11)9-2-1-3-10(6-9)14(18)19/h1-8H,15H2,(H,18,19). The van der Waals surface area contributed by atoms with Gasteiger partial charge >= 0.3 is 5.97 Å². The zero-order valence-corrected chi connectivity index (χ0v) is 9.95. The van der Waals surface area contributed by atoms with Crippen LogP contribution in [0, 0.1) is 0 Å². The van der Waals surface area contributed by atoms with Crippen LogP contribution in [0.4, 0.5) is 5.69 Å². The van der Waals surface area contributed by atoms with Gasteiger partial charge in [0.05, 0.1) is 17.3 Å². The second kappa shape index (κ2) is 4.13. The van der Waals surface area contributed by atoms with E-state index >= 15 is 0 Å². The molecule has 3 rings (SSSR count). The molecule has 5 nitrogen and oxygen atoms in total. The second-order valence-electron chi connectivity index (χ2n) is 4.23. The van der Waals surface area contributed by atoms with Crippen LogP contribution in [-0.4, -0.2) is 20.5 Å². The van der Waals surface area contributed by atoms with Crippen LogP contribution in [0.1, 0.15) is 10.4 Å². The number of hydrogen-bond acceptors (Lipinski definition) is 3. The molecule has 2 aromatic heterocycles. The first-order valence-corrected chi connectivity index (χ1v) is 5.71. The minimum atomic E-state index is -0.956. The van der Waals surface area contributed by atoms with Gasteiger partial charge in [-0.2, -0.15) is 0 Å². The number of fused-ring (bicyclic) bond motifs is 1. The van der Waals surface area contributed by atoms with E-state index in [9.17, 15) is 4.79 Å². The molecule has 0 aliphatic carbocycles. The van der Waals surface area contributed by atoms with Crippen molar-refractivity contribution >= 4 is 17.2 Å². The molecule has 1 aromatic carbocycles. The third-order valence-corrected chi connectivity index (χ3v) is 2.92. The summed E-state index contributed by atoms with van der Waals surface area (Å²) < 4.78 is 1.84. The van der Waals surface area contributed by atoms with Gasteiger partial charge in [0.15, 0.2) is 0 Å². The van der Waals surface area contributed by atoms with Crippen LogP contribution >= 0.6 is 0 Å². The summed E-state index contributed by atoms with van der Waals surface area (Å²) in [4.78, 5) is 15.3. The number of nitrogens with zero attached hydrogens (tertiary/aromatic N) is 2. The van der Waals surface area contributed by atoms with Crippen molar-refractivity contribution in [2.24, 2.45) is 0 Å². The number of pyridine rings is 1. The van der Waals surface area contributed by atoms with Crippen LogP contribution in [0.2, 0.25) is 0 Å². The number of anilines is 1. The van der Waals surface area contributed by atoms with Gasteiger partial charge in [-0.05, 0) is 24.3 Å². The molecular formula is C14H11N3O2. The third kappa shape index (κ3) is 1.91. The number of benzene rings is 1. The molecule has 0 aliphatic heterocycles. The summed E-state index contributed by atoms with van der Waals surface area (Å²) in [6.45, 7) is 0. The summed E-state index contributed by atoms with van der Waals surface area (Å²) in [7, 11) is 0. The maximum absolute atomic E-state index is 11.0. The first-order valence-electron chi connectivity index (χ1n) is 5.71. The van der Waals surface area contributed by atoms with E-state index in [0.29, 0.717) is 11.5 Å². The van der Waals surface area contributed by atoms with Crippen molar-refractivity contribution in [1.29, 1.82) is 0 Å². The highest BCUT2D eigenvalue weighted by Gasteiger charge is 2.09. The van der Waals surface area contributed by atoms with Crippen molar-refractivity contribution in [3.05, 3.63) is 54.4 Å². The minimum Gasteiger partial charge on any atom is -0.478 e. The van der Waals surface area contributed by atoms with Gasteiger partial charge in [-0.3, -0.25) is 4.40 Å². The molecule has 0 atom stereocenters. The average Bonchev–Trinajstić information content (AvgIpc) is 2.81. The van der Waals surface area contributed by atoms with Crippen molar-refractivity contribution in [3.8, 4) is 11.4 Å². The number of nitrogens with two attached hydrogens (primary N) is 1. The van der Waals surface area contributed by atoms with E-state index in [2.05, 4.69) is 4.98 Å². The lowest BCUT2D eigenvalue weighted by atomic mass is 10.1. The quantitative estimate of drug-likeness (QED) is 0.734. The number of aromatic carboxylic acids is 1. The Morgan fingerprint density at radius 2 is 2.11 bits per heavy atom. The summed E-state index contributed by atoms with van der Waals surface area (Å²) in [5.74, 6) is -0.285. The molecule has 3 aromatic rings. The van der Waals surface area contributed by atoms with Gasteiger partial charge < -0.3 is 10.8 Å². The Hall–Kier alpha value is -2.82. The molecule has 0 radical (unpaired) electrons. The Bertz CT molecular complexity index is 777. The van der Waals surface area contributed by atoms with Crippen molar-refractivity contribution in [1.82, 2.24) is 9.38 Å². The smallest absolute Gasteiger partial charge is 0.335 e. The third-order valence-electron chi connectivity index (χ3n) is 2.92. The minimum absolute atomic E-state index is 0.234. The monoisotopic (exact) mass is 253 g/mol. The van der Waals surface area contributed by atoms with Crippen LogP contribution in [0.25, 0.3) is 16.9 Å². The molecule has 2 heterocycles. The van der Waals surface area contributed by atoms with Gasteiger partial charge in [-0.1, -0.05) is 12.1 Å². The highest BCUT2D eigenvalue weighted by molar-refractivity contribution is 5.89. The Labute approximate surface area is 108 Å². The molecule has 0 spiro atoms. The molecule has 3 N–H and O–H groups in total. The fourth-order valence-corrected chi connectivity index (χ4v) is 2.01. The predicted molar refractivity (Wildman–Crippen MR) is 72.0 cm³/mol. The van der Waals surface area contributed by atoms with Gasteiger partial charge in [0.25, 0.3) is 0 Å². The number of imidazole rings is 1. The summed E-state index contributed by atoms with van der Waals surface area (Å²) in [6, 6.07) is 10.3. The van der Waals surface area contributed by atoms with Crippen LogP contribution in [0.5, 0.6) is 0 Å². The van der Waals surface area contributed by atoms with Gasteiger partial charge in [-0.25, -0.2) is 9.78 Å². The van der Waals surface area contributed by atoms with Gasteiger partial charge in [0, 0.05) is 17.4 Å². The molecule has 0 amide bonds. The van der Waals surface area contributed by atoms with Crippen molar-refractivity contribution < 1.29 is 9.90 Å². The van der Waals surface area contributed by atoms with Crippen molar-refractivity contribution in [3.63, 3.8) is 0 Å². The first-order chi connectivity index (χ1) is 9.15. The molecule has 0 fully saturated rings. The molecule has 0 unspecified atom stereocenters. The SMILES string of the molecule is Nc1ccc2cnc(-c3cccc(C(=O)O)c3)n2c1. The van der Waals surface area contributed by atoms with Crippen molar-refractivity contribution in [2.75, 3.05) is 5.73 Å².